The zero-order valence-electron chi connectivity index (χ0n) is 14.8. The fourth-order valence-corrected chi connectivity index (χ4v) is 3.04. The van der Waals surface area contributed by atoms with Gasteiger partial charge >= 0.3 is 12.0 Å². The minimum absolute atomic E-state index is 0.0196. The van der Waals surface area contributed by atoms with Crippen molar-refractivity contribution in [3.8, 4) is 23.5 Å². The quantitative estimate of drug-likeness (QED) is 0.695. The molecule has 0 bridgehead atoms. The number of phenols is 1. The summed E-state index contributed by atoms with van der Waals surface area (Å²) < 4.78 is 22.5. The average molecular weight is 402 g/mol. The Morgan fingerprint density at radius 2 is 1.46 bits per heavy atom. The van der Waals surface area contributed by atoms with Crippen LogP contribution in [0, 0.1) is 0 Å². The van der Waals surface area contributed by atoms with E-state index in [2.05, 4.69) is 15.0 Å². The molecule has 2 aromatic carbocycles. The van der Waals surface area contributed by atoms with Crippen molar-refractivity contribution in [1.82, 2.24) is 15.0 Å². The Kier molecular flexibility index (Phi) is 4.99. The van der Waals surface area contributed by atoms with Gasteiger partial charge in [-0.2, -0.15) is 9.97 Å². The van der Waals surface area contributed by atoms with Crippen LogP contribution < -0.4 is 9.47 Å². The summed E-state index contributed by atoms with van der Waals surface area (Å²) >= 11 is 5.83. The fraction of sp³-hybridized carbons (Fsp3) is 0.211. The highest BCUT2D eigenvalue weighted by atomic mass is 35.5. The molecule has 144 valence electrons. The van der Waals surface area contributed by atoms with E-state index >= 15 is 0 Å². The van der Waals surface area contributed by atoms with Gasteiger partial charge in [0.25, 0.3) is 0 Å². The van der Waals surface area contributed by atoms with E-state index < -0.39 is 5.79 Å². The van der Waals surface area contributed by atoms with Crippen molar-refractivity contribution in [2.45, 2.75) is 5.79 Å². The number of methoxy groups -OCH3 is 1. The number of hydrogen-bond acceptors (Lipinski definition) is 8. The maximum absolute atomic E-state index is 9.55. The standard InChI is InChI=1S/C19H16ClN3O5/c1-25-17-21-16(20)22-18(23-17)28-15-8-4-13(5-9-15)19(26-10-11-27-19)12-2-6-14(24)7-3-12/h2-9,24H,10-11H2,1H3. The predicted octanol–water partition coefficient (Wildman–Crippen LogP) is 3.28. The molecule has 1 aliphatic rings. The van der Waals surface area contributed by atoms with Crippen LogP contribution in [0.1, 0.15) is 11.1 Å². The minimum atomic E-state index is -1.04. The molecule has 28 heavy (non-hydrogen) atoms. The normalized spacial score (nSPS) is 15.4. The molecule has 0 saturated carbocycles. The Labute approximate surface area is 165 Å². The van der Waals surface area contributed by atoms with Crippen LogP contribution in [0.15, 0.2) is 48.5 Å². The zero-order valence-corrected chi connectivity index (χ0v) is 15.6. The molecule has 1 aromatic heterocycles. The Balaban J connectivity index is 1.61. The van der Waals surface area contributed by atoms with Crippen molar-refractivity contribution < 1.29 is 24.1 Å². The van der Waals surface area contributed by atoms with Gasteiger partial charge in [-0.1, -0.05) is 0 Å². The summed E-state index contributed by atoms with van der Waals surface area (Å²) in [6.07, 6.45) is 0. The van der Waals surface area contributed by atoms with E-state index in [0.29, 0.717) is 19.0 Å². The molecule has 1 aliphatic heterocycles. The molecule has 0 aliphatic carbocycles. The molecule has 0 amide bonds. The molecule has 8 nitrogen and oxygen atoms in total. The summed E-state index contributed by atoms with van der Waals surface area (Å²) in [5.41, 5.74) is 1.57. The molecule has 0 spiro atoms. The number of aromatic nitrogens is 3. The number of ether oxygens (including phenoxy) is 4. The second-order valence-electron chi connectivity index (χ2n) is 5.86. The summed E-state index contributed by atoms with van der Waals surface area (Å²) in [6.45, 7) is 0.921. The number of aromatic hydroxyl groups is 1. The number of hydrogen-bond donors (Lipinski definition) is 1. The Morgan fingerprint density at radius 3 is 2.07 bits per heavy atom. The Morgan fingerprint density at radius 1 is 0.893 bits per heavy atom. The Hall–Kier alpha value is -2.94. The molecule has 4 rings (SSSR count). The lowest BCUT2D eigenvalue weighted by Gasteiger charge is -2.28. The monoisotopic (exact) mass is 401 g/mol. The first kappa shape index (κ1) is 18.4. The molecule has 9 heteroatoms. The number of nitrogens with zero attached hydrogens (tertiary/aromatic N) is 3. The molecule has 2 heterocycles. The summed E-state index contributed by atoms with van der Waals surface area (Å²) in [4.78, 5) is 11.7. The topological polar surface area (TPSA) is 95.8 Å². The lowest BCUT2D eigenvalue weighted by Crippen LogP contribution is -2.28. The van der Waals surface area contributed by atoms with Gasteiger partial charge in [0.2, 0.25) is 11.1 Å². The van der Waals surface area contributed by atoms with E-state index in [4.69, 9.17) is 30.5 Å². The van der Waals surface area contributed by atoms with E-state index in [9.17, 15) is 5.11 Å². The minimum Gasteiger partial charge on any atom is -0.508 e. The number of rotatable bonds is 5. The van der Waals surface area contributed by atoms with Crippen LogP contribution in [-0.2, 0) is 15.3 Å². The van der Waals surface area contributed by atoms with Crippen LogP contribution in [0.25, 0.3) is 0 Å². The van der Waals surface area contributed by atoms with E-state index in [1.807, 2.05) is 12.1 Å². The molecule has 3 aromatic rings. The van der Waals surface area contributed by atoms with Gasteiger partial charge in [-0.15, -0.1) is 4.98 Å². The third-order valence-electron chi connectivity index (χ3n) is 4.13. The van der Waals surface area contributed by atoms with Gasteiger partial charge in [0, 0.05) is 11.1 Å². The van der Waals surface area contributed by atoms with Crippen LogP contribution in [0.4, 0.5) is 0 Å². The van der Waals surface area contributed by atoms with E-state index in [1.54, 1.807) is 36.4 Å². The maximum Gasteiger partial charge on any atom is 0.329 e. The van der Waals surface area contributed by atoms with Gasteiger partial charge in [0.05, 0.1) is 20.3 Å². The summed E-state index contributed by atoms with van der Waals surface area (Å²) in [5, 5.41) is 9.52. The first-order valence-corrected chi connectivity index (χ1v) is 8.78. The number of halogens is 1. The molecular formula is C19H16ClN3O5. The van der Waals surface area contributed by atoms with Crippen molar-refractivity contribution in [2.24, 2.45) is 0 Å². The number of phenolic OH excluding ortho intramolecular Hbond substituents is 1. The van der Waals surface area contributed by atoms with E-state index in [1.165, 1.54) is 7.11 Å². The molecule has 1 N–H and O–H groups in total. The number of benzene rings is 2. The molecule has 0 atom stereocenters. The average Bonchev–Trinajstić information content (AvgIpc) is 3.19. The van der Waals surface area contributed by atoms with Gasteiger partial charge < -0.3 is 24.1 Å². The second kappa shape index (κ2) is 7.59. The highest BCUT2D eigenvalue weighted by Gasteiger charge is 2.40. The smallest absolute Gasteiger partial charge is 0.329 e. The zero-order chi connectivity index (χ0) is 19.6. The summed E-state index contributed by atoms with van der Waals surface area (Å²) in [7, 11) is 1.43. The predicted molar refractivity (Wildman–Crippen MR) is 98.7 cm³/mol. The van der Waals surface area contributed by atoms with Crippen LogP contribution in [0.2, 0.25) is 5.28 Å². The van der Waals surface area contributed by atoms with Gasteiger partial charge in [0.15, 0.2) is 0 Å². The third-order valence-corrected chi connectivity index (χ3v) is 4.30. The van der Waals surface area contributed by atoms with Crippen LogP contribution in [0.3, 0.4) is 0 Å². The highest BCUT2D eigenvalue weighted by molar-refractivity contribution is 6.28. The lowest BCUT2D eigenvalue weighted by molar-refractivity contribution is -0.129. The van der Waals surface area contributed by atoms with Crippen LogP contribution in [0.5, 0.6) is 23.5 Å². The first-order valence-electron chi connectivity index (χ1n) is 8.40. The summed E-state index contributed by atoms with van der Waals surface area (Å²) in [6, 6.07) is 13.9. The first-order chi connectivity index (χ1) is 13.6. The molecule has 0 unspecified atom stereocenters. The second-order valence-corrected chi connectivity index (χ2v) is 6.20. The third kappa shape index (κ3) is 3.57. The molecule has 1 saturated heterocycles. The van der Waals surface area contributed by atoms with E-state index in [-0.39, 0.29) is 23.1 Å². The van der Waals surface area contributed by atoms with Crippen molar-refractivity contribution in [3.63, 3.8) is 0 Å². The molecule has 1 fully saturated rings. The van der Waals surface area contributed by atoms with Gasteiger partial charge in [-0.25, -0.2) is 0 Å². The van der Waals surface area contributed by atoms with Crippen molar-refractivity contribution in [3.05, 3.63) is 64.9 Å². The molecular weight excluding hydrogens is 386 g/mol. The van der Waals surface area contributed by atoms with Crippen molar-refractivity contribution in [1.29, 1.82) is 0 Å². The van der Waals surface area contributed by atoms with Crippen molar-refractivity contribution >= 4 is 11.6 Å². The SMILES string of the molecule is COc1nc(Cl)nc(Oc2ccc(C3(c4ccc(O)cc4)OCCO3)cc2)n1. The summed E-state index contributed by atoms with van der Waals surface area (Å²) in [5.74, 6) is -0.370. The van der Waals surface area contributed by atoms with E-state index in [0.717, 1.165) is 11.1 Å². The maximum atomic E-state index is 9.55. The highest BCUT2D eigenvalue weighted by Crippen LogP contribution is 2.39. The lowest BCUT2D eigenvalue weighted by atomic mass is 9.97. The molecule has 0 radical (unpaired) electrons. The van der Waals surface area contributed by atoms with Gasteiger partial charge in [-0.3, -0.25) is 0 Å². The van der Waals surface area contributed by atoms with Gasteiger partial charge in [0.1, 0.15) is 11.5 Å². The Bertz CT molecular complexity index is 960. The van der Waals surface area contributed by atoms with Crippen LogP contribution in [-0.4, -0.2) is 40.4 Å². The van der Waals surface area contributed by atoms with Crippen LogP contribution >= 0.6 is 11.6 Å². The van der Waals surface area contributed by atoms with Crippen molar-refractivity contribution in [2.75, 3.05) is 20.3 Å². The van der Waals surface area contributed by atoms with Gasteiger partial charge in [-0.05, 0) is 60.1 Å². The fourth-order valence-electron chi connectivity index (χ4n) is 2.89. The largest absolute Gasteiger partial charge is 0.508 e.